The van der Waals surface area contributed by atoms with E-state index in [0.29, 0.717) is 16.0 Å². The molecule has 0 aliphatic carbocycles. The van der Waals surface area contributed by atoms with Crippen LogP contribution in [0.25, 0.3) is 0 Å². The fourth-order valence-corrected chi connectivity index (χ4v) is 4.27. The van der Waals surface area contributed by atoms with Gasteiger partial charge in [-0.25, -0.2) is 0 Å². The molecule has 2 aromatic heterocycles. The minimum Gasteiger partial charge on any atom is -0.360 e. The first kappa shape index (κ1) is 19.0. The van der Waals surface area contributed by atoms with Gasteiger partial charge in [0.2, 0.25) is 11.0 Å². The van der Waals surface area contributed by atoms with E-state index in [2.05, 4.69) is 21.6 Å². The maximum Gasteiger partial charge on any atom is 0.405 e. The van der Waals surface area contributed by atoms with Crippen LogP contribution in [0, 0.1) is 0 Å². The highest BCUT2D eigenvalue weighted by Gasteiger charge is 2.29. The topological polar surface area (TPSA) is 66.9 Å². The van der Waals surface area contributed by atoms with E-state index in [4.69, 9.17) is 0 Å². The molecule has 1 amide bonds. The summed E-state index contributed by atoms with van der Waals surface area (Å²) in [4.78, 5) is 12.9. The van der Waals surface area contributed by atoms with Crippen molar-refractivity contribution in [1.29, 1.82) is 0 Å². The largest absolute Gasteiger partial charge is 0.405 e. The number of hydrogen-bond donors (Lipinski definition) is 2. The molecule has 0 unspecified atom stereocenters. The summed E-state index contributed by atoms with van der Waals surface area (Å²) in [6, 6.07) is 4.04. The van der Waals surface area contributed by atoms with Crippen LogP contribution >= 0.6 is 34.4 Å². The van der Waals surface area contributed by atoms with Crippen LogP contribution in [0.15, 0.2) is 21.9 Å². The summed E-state index contributed by atoms with van der Waals surface area (Å²) in [7, 11) is 0. The number of amides is 1. The van der Waals surface area contributed by atoms with Crippen molar-refractivity contribution < 1.29 is 18.0 Å². The summed E-state index contributed by atoms with van der Waals surface area (Å²) >= 11 is 4.03. The second-order valence-electron chi connectivity index (χ2n) is 4.72. The van der Waals surface area contributed by atoms with Crippen molar-refractivity contribution in [3.63, 3.8) is 0 Å². The van der Waals surface area contributed by atoms with Gasteiger partial charge in [0.1, 0.15) is 6.54 Å². The Kier molecular flexibility index (Phi) is 6.87. The zero-order valence-electron chi connectivity index (χ0n) is 12.6. The van der Waals surface area contributed by atoms with Gasteiger partial charge in [0, 0.05) is 11.4 Å². The summed E-state index contributed by atoms with van der Waals surface area (Å²) in [6.07, 6.45) is -3.54. The number of thioether (sulfide) groups is 1. The standard InChI is InChI=1S/C13H15F3N4OS3/c1-8(10(21)18-7-13(14,15)16)23-12-20-19-11(24-12)17-5-4-9-3-2-6-22-9/h2-3,6,8H,4-5,7H2,1H3,(H,17,19)(H,18,21)/t8-/m0/s1. The quantitative estimate of drug-likeness (QED) is 0.670. The molecule has 0 spiro atoms. The monoisotopic (exact) mass is 396 g/mol. The third kappa shape index (κ3) is 6.65. The summed E-state index contributed by atoms with van der Waals surface area (Å²) in [5.41, 5.74) is 0. The molecule has 1 atom stereocenters. The molecule has 0 aliphatic heterocycles. The Morgan fingerprint density at radius 3 is 2.88 bits per heavy atom. The van der Waals surface area contributed by atoms with Gasteiger partial charge in [0.25, 0.3) is 0 Å². The Labute approximate surface area is 149 Å². The molecule has 132 valence electrons. The number of carbonyl (C=O) groups excluding carboxylic acids is 1. The molecular weight excluding hydrogens is 381 g/mol. The average molecular weight is 396 g/mol. The number of anilines is 1. The van der Waals surface area contributed by atoms with Crippen molar-refractivity contribution in [2.75, 3.05) is 18.4 Å². The van der Waals surface area contributed by atoms with E-state index in [9.17, 15) is 18.0 Å². The third-order valence-electron chi connectivity index (χ3n) is 2.74. The summed E-state index contributed by atoms with van der Waals surface area (Å²) in [6.45, 7) is 0.908. The van der Waals surface area contributed by atoms with Gasteiger partial charge in [-0.3, -0.25) is 4.79 Å². The van der Waals surface area contributed by atoms with Crippen LogP contribution in [0.2, 0.25) is 0 Å². The van der Waals surface area contributed by atoms with Crippen molar-refractivity contribution in [2.45, 2.75) is 29.1 Å². The minimum atomic E-state index is -4.41. The van der Waals surface area contributed by atoms with Crippen molar-refractivity contribution >= 4 is 45.5 Å². The van der Waals surface area contributed by atoms with Gasteiger partial charge in [-0.1, -0.05) is 29.2 Å². The molecule has 0 fully saturated rings. The number of carbonyl (C=O) groups is 1. The first-order chi connectivity index (χ1) is 11.3. The van der Waals surface area contributed by atoms with E-state index < -0.39 is 23.9 Å². The smallest absolute Gasteiger partial charge is 0.360 e. The predicted octanol–water partition coefficient (Wildman–Crippen LogP) is 3.41. The molecule has 2 N–H and O–H groups in total. The predicted molar refractivity (Wildman–Crippen MR) is 90.8 cm³/mol. The highest BCUT2D eigenvalue weighted by Crippen LogP contribution is 2.29. The molecule has 5 nitrogen and oxygen atoms in total. The fraction of sp³-hybridized carbons (Fsp3) is 0.462. The summed E-state index contributed by atoms with van der Waals surface area (Å²) in [5.74, 6) is -0.681. The molecule has 0 bridgehead atoms. The van der Waals surface area contributed by atoms with E-state index in [-0.39, 0.29) is 0 Å². The Balaban J connectivity index is 1.74. The van der Waals surface area contributed by atoms with Crippen molar-refractivity contribution in [1.82, 2.24) is 15.5 Å². The van der Waals surface area contributed by atoms with Crippen LogP contribution in [0.5, 0.6) is 0 Å². The fourth-order valence-electron chi connectivity index (χ4n) is 1.61. The normalized spacial score (nSPS) is 12.8. The molecule has 0 saturated carbocycles. The third-order valence-corrected chi connectivity index (χ3v) is 5.75. The lowest BCUT2D eigenvalue weighted by molar-refractivity contribution is -0.137. The maximum atomic E-state index is 12.1. The lowest BCUT2D eigenvalue weighted by atomic mass is 10.3. The van der Waals surface area contributed by atoms with E-state index >= 15 is 0 Å². The van der Waals surface area contributed by atoms with E-state index in [1.165, 1.54) is 23.1 Å². The molecule has 0 radical (unpaired) electrons. The van der Waals surface area contributed by atoms with Crippen LogP contribution in [0.3, 0.4) is 0 Å². The molecule has 2 rings (SSSR count). The SMILES string of the molecule is C[C@H](Sc1nnc(NCCc2cccs2)s1)C(=O)NCC(F)(F)F. The number of thiophene rings is 1. The highest BCUT2D eigenvalue weighted by atomic mass is 32.2. The summed E-state index contributed by atoms with van der Waals surface area (Å²) < 4.78 is 36.8. The second-order valence-corrected chi connectivity index (χ2v) is 8.32. The van der Waals surface area contributed by atoms with Crippen LogP contribution in [-0.2, 0) is 11.2 Å². The molecule has 0 saturated heterocycles. The van der Waals surface area contributed by atoms with Gasteiger partial charge >= 0.3 is 6.18 Å². The van der Waals surface area contributed by atoms with Gasteiger partial charge in [-0.2, -0.15) is 13.2 Å². The molecule has 2 aromatic rings. The highest BCUT2D eigenvalue weighted by molar-refractivity contribution is 8.02. The first-order valence-corrected chi connectivity index (χ1v) is 9.52. The van der Waals surface area contributed by atoms with Crippen LogP contribution in [0.1, 0.15) is 11.8 Å². The van der Waals surface area contributed by atoms with Gasteiger partial charge in [0.05, 0.1) is 5.25 Å². The van der Waals surface area contributed by atoms with E-state index in [1.807, 2.05) is 16.8 Å². The minimum absolute atomic E-state index is 0.531. The van der Waals surface area contributed by atoms with Crippen molar-refractivity contribution in [3.8, 4) is 0 Å². The number of rotatable bonds is 8. The lowest BCUT2D eigenvalue weighted by Crippen LogP contribution is -2.37. The molecule has 2 heterocycles. The van der Waals surface area contributed by atoms with Crippen molar-refractivity contribution in [2.24, 2.45) is 0 Å². The van der Waals surface area contributed by atoms with Gasteiger partial charge < -0.3 is 10.6 Å². The number of nitrogens with zero attached hydrogens (tertiary/aromatic N) is 2. The number of nitrogens with one attached hydrogen (secondary N) is 2. The second kappa shape index (κ2) is 8.67. The molecular formula is C13H15F3N4OS3. The van der Waals surface area contributed by atoms with Crippen LogP contribution < -0.4 is 10.6 Å². The van der Waals surface area contributed by atoms with Gasteiger partial charge in [0.15, 0.2) is 4.34 Å². The Morgan fingerprint density at radius 1 is 1.42 bits per heavy atom. The maximum absolute atomic E-state index is 12.1. The first-order valence-electron chi connectivity index (χ1n) is 6.94. The average Bonchev–Trinajstić information content (AvgIpc) is 3.16. The molecule has 0 aliphatic rings. The van der Waals surface area contributed by atoms with Crippen LogP contribution in [-0.4, -0.2) is 40.6 Å². The van der Waals surface area contributed by atoms with Crippen LogP contribution in [0.4, 0.5) is 18.3 Å². The number of alkyl halides is 3. The number of aromatic nitrogens is 2. The van der Waals surface area contributed by atoms with E-state index in [0.717, 1.165) is 18.2 Å². The molecule has 11 heteroatoms. The summed E-state index contributed by atoms with van der Waals surface area (Å²) in [5, 5.41) is 14.8. The van der Waals surface area contributed by atoms with E-state index in [1.54, 1.807) is 11.3 Å². The lowest BCUT2D eigenvalue weighted by Gasteiger charge is -2.11. The Hall–Kier alpha value is -1.33. The Morgan fingerprint density at radius 2 is 2.21 bits per heavy atom. The number of hydrogen-bond acceptors (Lipinski definition) is 7. The number of halogens is 3. The zero-order valence-corrected chi connectivity index (χ0v) is 15.0. The Bertz CT molecular complexity index is 645. The van der Waals surface area contributed by atoms with Gasteiger partial charge in [-0.15, -0.1) is 21.5 Å². The molecule has 0 aromatic carbocycles. The molecule has 24 heavy (non-hydrogen) atoms. The zero-order chi connectivity index (χ0) is 17.6. The van der Waals surface area contributed by atoms with Crippen molar-refractivity contribution in [3.05, 3.63) is 22.4 Å². The van der Waals surface area contributed by atoms with Gasteiger partial charge in [-0.05, 0) is 24.8 Å².